The molecule has 3 rings (SSSR count). The molecule has 34 heavy (non-hydrogen) atoms. The standard InChI is InChI=1S/C25H28F3N3O3/c1-4-17(2)29-24(32)21-16-34-23(30-21)15-31(14-19-9-5-6-11-22(19)33-3)13-18-8-7-10-20(12-18)25(26,27)28/h5-12,16-17H,4,13-15H2,1-3H3,(H,29,32). The van der Waals surface area contributed by atoms with Crippen LogP contribution in [0.3, 0.4) is 0 Å². The Hall–Kier alpha value is -3.33. The zero-order valence-corrected chi connectivity index (χ0v) is 19.4. The summed E-state index contributed by atoms with van der Waals surface area (Å²) in [6.07, 6.45) is -2.36. The molecule has 9 heteroatoms. The Labute approximate surface area is 196 Å². The summed E-state index contributed by atoms with van der Waals surface area (Å²) in [6.45, 7) is 4.62. The predicted octanol–water partition coefficient (Wildman–Crippen LogP) is 5.43. The van der Waals surface area contributed by atoms with Crippen LogP contribution in [0, 0.1) is 0 Å². The third kappa shape index (κ3) is 6.84. The second kappa shape index (κ2) is 11.2. The van der Waals surface area contributed by atoms with Crippen molar-refractivity contribution in [2.75, 3.05) is 7.11 Å². The van der Waals surface area contributed by atoms with E-state index in [1.165, 1.54) is 12.3 Å². The molecule has 1 amide bonds. The third-order valence-corrected chi connectivity index (χ3v) is 5.38. The number of amides is 1. The van der Waals surface area contributed by atoms with Crippen molar-refractivity contribution in [2.45, 2.75) is 52.1 Å². The van der Waals surface area contributed by atoms with Crippen molar-refractivity contribution in [2.24, 2.45) is 0 Å². The van der Waals surface area contributed by atoms with Crippen LogP contribution >= 0.6 is 0 Å². The van der Waals surface area contributed by atoms with Crippen molar-refractivity contribution in [1.29, 1.82) is 0 Å². The molecule has 0 aliphatic rings. The van der Waals surface area contributed by atoms with Gasteiger partial charge in [0.25, 0.3) is 5.91 Å². The van der Waals surface area contributed by atoms with Crippen LogP contribution < -0.4 is 10.1 Å². The maximum absolute atomic E-state index is 13.2. The minimum Gasteiger partial charge on any atom is -0.496 e. The van der Waals surface area contributed by atoms with Gasteiger partial charge in [0.05, 0.1) is 19.2 Å². The van der Waals surface area contributed by atoms with E-state index in [1.807, 2.05) is 43.0 Å². The monoisotopic (exact) mass is 475 g/mol. The average Bonchev–Trinajstić information content (AvgIpc) is 3.27. The van der Waals surface area contributed by atoms with Crippen molar-refractivity contribution < 1.29 is 27.1 Å². The minimum absolute atomic E-state index is 0.00407. The quantitative estimate of drug-likeness (QED) is 0.423. The number of nitrogens with zero attached hydrogens (tertiary/aromatic N) is 2. The van der Waals surface area contributed by atoms with Crippen LogP contribution in [0.15, 0.2) is 59.2 Å². The lowest BCUT2D eigenvalue weighted by Crippen LogP contribution is -2.32. The van der Waals surface area contributed by atoms with Gasteiger partial charge in [-0.15, -0.1) is 0 Å². The van der Waals surface area contributed by atoms with Gasteiger partial charge in [-0.3, -0.25) is 9.69 Å². The molecule has 182 valence electrons. The number of rotatable bonds is 10. The van der Waals surface area contributed by atoms with E-state index < -0.39 is 11.7 Å². The Balaban J connectivity index is 1.83. The predicted molar refractivity (Wildman–Crippen MR) is 121 cm³/mol. The Kier molecular flexibility index (Phi) is 8.33. The van der Waals surface area contributed by atoms with E-state index in [0.717, 1.165) is 24.1 Å². The molecule has 1 aromatic heterocycles. The molecule has 1 unspecified atom stereocenters. The second-order valence-electron chi connectivity index (χ2n) is 8.06. The molecule has 0 radical (unpaired) electrons. The van der Waals surface area contributed by atoms with Crippen molar-refractivity contribution in [3.8, 4) is 5.75 Å². The molecule has 0 aliphatic heterocycles. The van der Waals surface area contributed by atoms with Crippen LogP contribution in [0.4, 0.5) is 13.2 Å². The summed E-state index contributed by atoms with van der Waals surface area (Å²) in [6, 6.07) is 12.6. The molecule has 0 saturated heterocycles. The van der Waals surface area contributed by atoms with Gasteiger partial charge in [0.2, 0.25) is 5.89 Å². The summed E-state index contributed by atoms with van der Waals surface area (Å²) in [5.41, 5.74) is 0.804. The molecule has 3 aromatic rings. The lowest BCUT2D eigenvalue weighted by Gasteiger charge is -2.22. The van der Waals surface area contributed by atoms with Crippen molar-refractivity contribution in [1.82, 2.24) is 15.2 Å². The number of methoxy groups -OCH3 is 1. The number of halogens is 3. The molecule has 0 spiro atoms. The van der Waals surface area contributed by atoms with Crippen molar-refractivity contribution in [3.63, 3.8) is 0 Å². The van der Waals surface area contributed by atoms with E-state index in [4.69, 9.17) is 9.15 Å². The molecule has 2 aromatic carbocycles. The molecule has 1 atom stereocenters. The van der Waals surface area contributed by atoms with E-state index >= 15 is 0 Å². The fourth-order valence-corrected chi connectivity index (χ4v) is 3.43. The largest absolute Gasteiger partial charge is 0.496 e. The smallest absolute Gasteiger partial charge is 0.416 e. The Morgan fingerprint density at radius 3 is 2.62 bits per heavy atom. The number of aromatic nitrogens is 1. The zero-order valence-electron chi connectivity index (χ0n) is 19.4. The van der Waals surface area contributed by atoms with Crippen molar-refractivity contribution in [3.05, 3.63) is 83.1 Å². The lowest BCUT2D eigenvalue weighted by molar-refractivity contribution is -0.137. The summed E-state index contributed by atoms with van der Waals surface area (Å²) in [7, 11) is 1.56. The SMILES string of the molecule is CCC(C)NC(=O)c1coc(CN(Cc2cccc(C(F)(F)F)c2)Cc2ccccc2OC)n1. The molecule has 1 heterocycles. The van der Waals surface area contributed by atoms with Gasteiger partial charge in [-0.1, -0.05) is 43.3 Å². The Bertz CT molecular complexity index is 1100. The normalized spacial score (nSPS) is 12.6. The number of hydrogen-bond acceptors (Lipinski definition) is 5. The first-order chi connectivity index (χ1) is 16.2. The summed E-state index contributed by atoms with van der Waals surface area (Å²) in [5.74, 6) is 0.618. The highest BCUT2D eigenvalue weighted by atomic mass is 19.4. The number of carbonyl (C=O) groups excluding carboxylic acids is 1. The van der Waals surface area contributed by atoms with E-state index in [2.05, 4.69) is 10.3 Å². The van der Waals surface area contributed by atoms with Crippen LogP contribution in [-0.4, -0.2) is 28.9 Å². The Morgan fingerprint density at radius 2 is 1.91 bits per heavy atom. The molecular weight excluding hydrogens is 447 g/mol. The summed E-state index contributed by atoms with van der Waals surface area (Å²) in [5, 5.41) is 2.83. The molecule has 1 N–H and O–H groups in total. The molecule has 0 fully saturated rings. The first-order valence-corrected chi connectivity index (χ1v) is 10.9. The second-order valence-corrected chi connectivity index (χ2v) is 8.06. The highest BCUT2D eigenvalue weighted by Gasteiger charge is 2.30. The fourth-order valence-electron chi connectivity index (χ4n) is 3.43. The number of para-hydroxylation sites is 1. The van der Waals surface area contributed by atoms with E-state index in [-0.39, 0.29) is 36.6 Å². The first-order valence-electron chi connectivity index (χ1n) is 10.9. The number of alkyl halides is 3. The van der Waals surface area contributed by atoms with Gasteiger partial charge in [-0.25, -0.2) is 4.98 Å². The molecular formula is C25H28F3N3O3. The molecule has 0 bridgehead atoms. The van der Waals surface area contributed by atoms with Gasteiger partial charge < -0.3 is 14.5 Å². The number of nitrogens with one attached hydrogen (secondary N) is 1. The van der Waals surface area contributed by atoms with Gasteiger partial charge >= 0.3 is 6.18 Å². The number of hydrogen-bond donors (Lipinski definition) is 1. The van der Waals surface area contributed by atoms with Crippen LogP contribution in [0.5, 0.6) is 5.75 Å². The van der Waals surface area contributed by atoms with Gasteiger partial charge in [0.15, 0.2) is 5.69 Å². The third-order valence-electron chi connectivity index (χ3n) is 5.38. The van der Waals surface area contributed by atoms with Crippen LogP contribution in [0.1, 0.15) is 53.3 Å². The molecule has 6 nitrogen and oxygen atoms in total. The minimum atomic E-state index is -4.43. The maximum Gasteiger partial charge on any atom is 0.416 e. The van der Waals surface area contributed by atoms with Crippen molar-refractivity contribution >= 4 is 5.91 Å². The highest BCUT2D eigenvalue weighted by molar-refractivity contribution is 5.92. The fraction of sp³-hybridized carbons (Fsp3) is 0.360. The van der Waals surface area contributed by atoms with Crippen LogP contribution in [0.2, 0.25) is 0 Å². The van der Waals surface area contributed by atoms with Crippen LogP contribution in [-0.2, 0) is 25.8 Å². The average molecular weight is 476 g/mol. The van der Waals surface area contributed by atoms with Crippen LogP contribution in [0.25, 0.3) is 0 Å². The number of carbonyl (C=O) groups is 1. The van der Waals surface area contributed by atoms with Gasteiger partial charge in [0, 0.05) is 24.7 Å². The first kappa shape index (κ1) is 25.3. The zero-order chi connectivity index (χ0) is 24.7. The Morgan fingerprint density at radius 1 is 1.15 bits per heavy atom. The number of ether oxygens (including phenoxy) is 1. The highest BCUT2D eigenvalue weighted by Crippen LogP contribution is 2.30. The van der Waals surface area contributed by atoms with Gasteiger partial charge in [-0.05, 0) is 31.0 Å². The summed E-state index contributed by atoms with van der Waals surface area (Å²) >= 11 is 0. The summed E-state index contributed by atoms with van der Waals surface area (Å²) in [4.78, 5) is 18.5. The van der Waals surface area contributed by atoms with Gasteiger partial charge in [-0.2, -0.15) is 13.2 Å². The molecule has 0 aliphatic carbocycles. The maximum atomic E-state index is 13.2. The number of benzene rings is 2. The van der Waals surface area contributed by atoms with Gasteiger partial charge in [0.1, 0.15) is 12.0 Å². The van der Waals surface area contributed by atoms with E-state index in [9.17, 15) is 18.0 Å². The topological polar surface area (TPSA) is 67.6 Å². The number of oxazole rings is 1. The summed E-state index contributed by atoms with van der Waals surface area (Å²) < 4.78 is 50.5. The lowest BCUT2D eigenvalue weighted by atomic mass is 10.1. The molecule has 0 saturated carbocycles. The van der Waals surface area contributed by atoms with E-state index in [0.29, 0.717) is 17.9 Å². The van der Waals surface area contributed by atoms with E-state index in [1.54, 1.807) is 13.2 Å².